The summed E-state index contributed by atoms with van der Waals surface area (Å²) in [7, 11) is 1.90. The van der Waals surface area contributed by atoms with Gasteiger partial charge in [-0.3, -0.25) is 14.5 Å². The van der Waals surface area contributed by atoms with Crippen molar-refractivity contribution in [2.24, 2.45) is 11.3 Å². The summed E-state index contributed by atoms with van der Waals surface area (Å²) in [6.45, 7) is 4.20. The van der Waals surface area contributed by atoms with Crippen LogP contribution in [0.2, 0.25) is 0 Å². The predicted molar refractivity (Wildman–Crippen MR) is 98.9 cm³/mol. The van der Waals surface area contributed by atoms with E-state index in [1.165, 1.54) is 58.0 Å². The van der Waals surface area contributed by atoms with Crippen molar-refractivity contribution in [1.82, 2.24) is 9.80 Å². The summed E-state index contributed by atoms with van der Waals surface area (Å²) in [5.41, 5.74) is 0.425. The third-order valence-electron chi connectivity index (χ3n) is 6.97. The quantitative estimate of drug-likeness (QED) is 0.777. The summed E-state index contributed by atoms with van der Waals surface area (Å²) < 4.78 is 5.84. The fourth-order valence-electron chi connectivity index (χ4n) is 5.49. The molecular weight excluding hydrogens is 332 g/mol. The second kappa shape index (κ2) is 8.70. The second-order valence-electron chi connectivity index (χ2n) is 8.49. The van der Waals surface area contributed by atoms with E-state index >= 15 is 0 Å². The molecule has 2 saturated carbocycles. The molecule has 148 valence electrons. The Bertz CT molecular complexity index is 488. The zero-order chi connectivity index (χ0) is 18.6. The minimum absolute atomic E-state index is 0.250. The first kappa shape index (κ1) is 19.6. The molecule has 1 spiro atoms. The Morgan fingerprint density at radius 3 is 2.35 bits per heavy atom. The van der Waals surface area contributed by atoms with Gasteiger partial charge in [0.1, 0.15) is 0 Å². The molecule has 1 N–H and O–H groups in total. The van der Waals surface area contributed by atoms with Crippen molar-refractivity contribution in [2.75, 3.05) is 33.3 Å². The van der Waals surface area contributed by atoms with Gasteiger partial charge in [0.15, 0.2) is 0 Å². The van der Waals surface area contributed by atoms with Crippen LogP contribution in [0.15, 0.2) is 0 Å². The summed E-state index contributed by atoms with van der Waals surface area (Å²) in [6.07, 6.45) is 11.7. The van der Waals surface area contributed by atoms with Gasteiger partial charge in [-0.25, -0.2) is 0 Å². The van der Waals surface area contributed by atoms with Crippen LogP contribution in [0.1, 0.15) is 57.8 Å². The molecule has 0 unspecified atom stereocenters. The Labute approximate surface area is 156 Å². The average molecular weight is 367 g/mol. The maximum absolute atomic E-state index is 12.2. The Balaban J connectivity index is 0.000000613. The molecule has 6 nitrogen and oxygen atoms in total. The number of rotatable bonds is 3. The van der Waals surface area contributed by atoms with Crippen molar-refractivity contribution < 1.29 is 19.4 Å². The van der Waals surface area contributed by atoms with Crippen molar-refractivity contribution in [2.45, 2.75) is 69.9 Å². The largest absolute Gasteiger partial charge is 0.483 e. The van der Waals surface area contributed by atoms with Crippen LogP contribution in [0.5, 0.6) is 0 Å². The average Bonchev–Trinajstić information content (AvgIpc) is 3.45. The molecule has 1 amide bonds. The maximum Gasteiger partial charge on any atom is 0.290 e. The number of carboxylic acid groups (broad SMARTS) is 1. The molecule has 4 fully saturated rings. The Morgan fingerprint density at radius 1 is 1.08 bits per heavy atom. The minimum atomic E-state index is -0.250. The molecule has 2 saturated heterocycles. The highest BCUT2D eigenvalue weighted by molar-refractivity contribution is 5.81. The smallest absolute Gasteiger partial charge is 0.290 e. The van der Waals surface area contributed by atoms with Gasteiger partial charge in [-0.1, -0.05) is 6.42 Å². The zero-order valence-corrected chi connectivity index (χ0v) is 16.1. The summed E-state index contributed by atoms with van der Waals surface area (Å²) in [5, 5.41) is 6.89. The minimum Gasteiger partial charge on any atom is -0.483 e. The second-order valence-corrected chi connectivity index (χ2v) is 8.49. The monoisotopic (exact) mass is 366 g/mol. The lowest BCUT2D eigenvalue weighted by Crippen LogP contribution is -2.54. The predicted octanol–water partition coefficient (Wildman–Crippen LogP) is 2.37. The van der Waals surface area contributed by atoms with Crippen LogP contribution >= 0.6 is 0 Å². The fourth-order valence-corrected chi connectivity index (χ4v) is 5.49. The molecule has 26 heavy (non-hydrogen) atoms. The highest BCUT2D eigenvalue weighted by atomic mass is 16.5. The molecule has 2 aliphatic carbocycles. The van der Waals surface area contributed by atoms with Crippen molar-refractivity contribution in [3.63, 3.8) is 0 Å². The topological polar surface area (TPSA) is 70.1 Å². The number of hydrogen-bond donors (Lipinski definition) is 1. The number of piperidine rings is 2. The van der Waals surface area contributed by atoms with Crippen LogP contribution in [0, 0.1) is 11.3 Å². The number of amides is 1. The van der Waals surface area contributed by atoms with Crippen LogP contribution in [-0.2, 0) is 14.3 Å². The lowest BCUT2D eigenvalue weighted by atomic mass is 9.76. The lowest BCUT2D eigenvalue weighted by molar-refractivity contribution is -0.134. The van der Waals surface area contributed by atoms with Gasteiger partial charge in [0.2, 0.25) is 5.91 Å². The molecule has 4 aliphatic rings. The molecule has 0 aromatic heterocycles. The summed E-state index contributed by atoms with van der Waals surface area (Å²) in [4.78, 5) is 25.5. The standard InChI is InChI=1S/C19H32N2O2.CH2O2/c1-23-17-4-2-9-19(17)10-3-11-21(14-19)16-7-12-20(13-8-16)18(22)15-5-6-15;2-1-3/h15-17H,2-14H2,1H3;1H,(H,2,3)/t17-,19+;/m1./s1. The van der Waals surface area contributed by atoms with Crippen molar-refractivity contribution in [3.05, 3.63) is 0 Å². The number of ether oxygens (including phenoxy) is 1. The SMILES string of the molecule is CO[C@@H]1CCC[C@@]12CCCN(C1CCN(C(=O)C3CC3)CC1)C2.O=CO. The molecule has 0 aromatic carbocycles. The van der Waals surface area contributed by atoms with E-state index in [2.05, 4.69) is 9.80 Å². The summed E-state index contributed by atoms with van der Waals surface area (Å²) in [6, 6.07) is 0.688. The van der Waals surface area contributed by atoms with E-state index in [0.717, 1.165) is 25.9 Å². The number of nitrogens with zero attached hydrogens (tertiary/aromatic N) is 2. The summed E-state index contributed by atoms with van der Waals surface area (Å²) >= 11 is 0. The van der Waals surface area contributed by atoms with Crippen molar-refractivity contribution in [3.8, 4) is 0 Å². The van der Waals surface area contributed by atoms with Gasteiger partial charge >= 0.3 is 0 Å². The number of carbonyl (C=O) groups excluding carboxylic acids is 1. The molecule has 2 atom stereocenters. The normalized spacial score (nSPS) is 33.0. The zero-order valence-electron chi connectivity index (χ0n) is 16.1. The molecule has 0 bridgehead atoms. The highest BCUT2D eigenvalue weighted by Gasteiger charge is 2.47. The van der Waals surface area contributed by atoms with Gasteiger partial charge in [0, 0.05) is 44.1 Å². The lowest BCUT2D eigenvalue weighted by Gasteiger charge is -2.48. The van der Waals surface area contributed by atoms with E-state index in [4.69, 9.17) is 14.6 Å². The molecule has 4 rings (SSSR count). The molecular formula is C20H34N2O4. The fraction of sp³-hybridized carbons (Fsp3) is 0.900. The number of carbonyl (C=O) groups is 2. The van der Waals surface area contributed by atoms with Gasteiger partial charge in [-0.2, -0.15) is 0 Å². The van der Waals surface area contributed by atoms with Gasteiger partial charge in [0.25, 0.3) is 6.47 Å². The first-order valence-electron chi connectivity index (χ1n) is 10.3. The van der Waals surface area contributed by atoms with E-state index in [-0.39, 0.29) is 6.47 Å². The van der Waals surface area contributed by atoms with Crippen LogP contribution in [0.4, 0.5) is 0 Å². The Kier molecular flexibility index (Phi) is 6.56. The van der Waals surface area contributed by atoms with Gasteiger partial charge in [-0.15, -0.1) is 0 Å². The third kappa shape index (κ3) is 4.22. The van der Waals surface area contributed by atoms with E-state index in [1.54, 1.807) is 0 Å². The van der Waals surface area contributed by atoms with Gasteiger partial charge in [-0.05, 0) is 57.9 Å². The van der Waals surface area contributed by atoms with E-state index in [1.807, 2.05) is 7.11 Å². The van der Waals surface area contributed by atoms with Crippen LogP contribution in [-0.4, -0.2) is 72.7 Å². The Morgan fingerprint density at radius 2 is 1.73 bits per heavy atom. The Hall–Kier alpha value is -1.14. The number of methoxy groups -OCH3 is 1. The van der Waals surface area contributed by atoms with Crippen LogP contribution in [0.25, 0.3) is 0 Å². The molecule has 6 heteroatoms. The molecule has 2 heterocycles. The molecule has 2 aliphatic heterocycles. The van der Waals surface area contributed by atoms with Gasteiger partial charge < -0.3 is 14.7 Å². The van der Waals surface area contributed by atoms with E-state index in [0.29, 0.717) is 29.4 Å². The number of likely N-dealkylation sites (tertiary alicyclic amines) is 2. The first-order valence-corrected chi connectivity index (χ1v) is 10.3. The van der Waals surface area contributed by atoms with Crippen molar-refractivity contribution in [1.29, 1.82) is 0 Å². The highest BCUT2D eigenvalue weighted by Crippen LogP contribution is 2.47. The van der Waals surface area contributed by atoms with Gasteiger partial charge in [0.05, 0.1) is 6.10 Å². The molecule has 0 radical (unpaired) electrons. The first-order chi connectivity index (χ1) is 12.6. The third-order valence-corrected chi connectivity index (χ3v) is 6.97. The van der Waals surface area contributed by atoms with E-state index in [9.17, 15) is 4.79 Å². The van der Waals surface area contributed by atoms with Crippen LogP contribution < -0.4 is 0 Å². The van der Waals surface area contributed by atoms with E-state index < -0.39 is 0 Å². The van der Waals surface area contributed by atoms with Crippen LogP contribution in [0.3, 0.4) is 0 Å². The van der Waals surface area contributed by atoms with Crippen molar-refractivity contribution >= 4 is 12.4 Å². The summed E-state index contributed by atoms with van der Waals surface area (Å²) in [5.74, 6) is 0.819. The maximum atomic E-state index is 12.2. The molecule has 0 aromatic rings. The number of hydrogen-bond acceptors (Lipinski definition) is 4.